The number of benzene rings is 1. The highest BCUT2D eigenvalue weighted by atomic mass is 19.1. The predicted molar refractivity (Wildman–Crippen MR) is 139 cm³/mol. The van der Waals surface area contributed by atoms with E-state index in [1.54, 1.807) is 16.6 Å². The summed E-state index contributed by atoms with van der Waals surface area (Å²) in [6.45, 7) is 2.52. The zero-order valence-corrected chi connectivity index (χ0v) is 22.0. The number of likely N-dealkylation sites (N-methyl/N-ethyl adjacent to an activating group) is 1. The smallest absolute Gasteiger partial charge is 0.409 e. The molecule has 2 amide bonds. The second-order valence-corrected chi connectivity index (χ2v) is 10.4. The number of methoxy groups -OCH3 is 1. The summed E-state index contributed by atoms with van der Waals surface area (Å²) in [5.74, 6) is -0.363. The van der Waals surface area contributed by atoms with E-state index in [4.69, 9.17) is 4.74 Å². The number of amides is 2. The van der Waals surface area contributed by atoms with Crippen LogP contribution in [0.4, 0.5) is 14.9 Å². The number of rotatable bonds is 8. The number of nitrogens with zero attached hydrogens (tertiary/aromatic N) is 4. The monoisotopic (exact) mass is 515 g/mol. The van der Waals surface area contributed by atoms with E-state index in [1.165, 1.54) is 7.11 Å². The molecule has 202 valence electrons. The van der Waals surface area contributed by atoms with Crippen LogP contribution in [0.25, 0.3) is 10.9 Å². The van der Waals surface area contributed by atoms with Gasteiger partial charge in [0.25, 0.3) is 0 Å². The first-order chi connectivity index (χ1) is 17.8. The number of ether oxygens (including phenoxy) is 1. The minimum absolute atomic E-state index is 0.155. The average molecular weight is 516 g/mol. The number of fused-ring (bicyclic) bond motifs is 1. The molecule has 0 radical (unpaired) electrons. The lowest BCUT2D eigenvalue weighted by molar-refractivity contribution is -0.122. The number of aromatic nitrogens is 2. The maximum absolute atomic E-state index is 15.8. The van der Waals surface area contributed by atoms with Crippen molar-refractivity contribution in [3.8, 4) is 0 Å². The van der Waals surface area contributed by atoms with Gasteiger partial charge in [-0.2, -0.15) is 5.10 Å². The Kier molecular flexibility index (Phi) is 8.34. The van der Waals surface area contributed by atoms with Crippen molar-refractivity contribution in [1.82, 2.24) is 20.0 Å². The van der Waals surface area contributed by atoms with E-state index in [1.807, 2.05) is 19.2 Å². The van der Waals surface area contributed by atoms with Crippen LogP contribution in [-0.4, -0.2) is 79.0 Å². The first kappa shape index (κ1) is 26.9. The first-order valence-corrected chi connectivity index (χ1v) is 13.2. The van der Waals surface area contributed by atoms with Crippen molar-refractivity contribution in [2.75, 3.05) is 45.2 Å². The average Bonchev–Trinajstić information content (AvgIpc) is 3.24. The fourth-order valence-corrected chi connectivity index (χ4v) is 5.86. The van der Waals surface area contributed by atoms with Gasteiger partial charge in [-0.25, -0.2) is 9.18 Å². The van der Waals surface area contributed by atoms with E-state index in [2.05, 4.69) is 21.4 Å². The van der Waals surface area contributed by atoms with Gasteiger partial charge in [0.05, 0.1) is 24.2 Å². The summed E-state index contributed by atoms with van der Waals surface area (Å²) in [6, 6.07) is 6.05. The first-order valence-electron chi connectivity index (χ1n) is 13.2. The number of piperidine rings is 2. The third-order valence-electron chi connectivity index (χ3n) is 8.06. The van der Waals surface area contributed by atoms with Crippen molar-refractivity contribution in [3.63, 3.8) is 0 Å². The molecule has 0 saturated carbocycles. The summed E-state index contributed by atoms with van der Waals surface area (Å²) in [5, 5.41) is 8.21. The van der Waals surface area contributed by atoms with Crippen LogP contribution in [0.1, 0.15) is 56.6 Å². The van der Waals surface area contributed by atoms with Crippen LogP contribution in [0.2, 0.25) is 0 Å². The van der Waals surface area contributed by atoms with Crippen LogP contribution in [0.5, 0.6) is 0 Å². The molecule has 1 aromatic carbocycles. The standard InChI is InChI=1S/C27H38FN5O4/c1-29-25(35)22(5-4-16-34)24-21-7-6-20(17-23(21)31(2)30-24)32-14-10-27(28,11-15-32)18-19-8-12-33(13-9-19)26(36)37-3/h6-7,16-17,19,22H,4-5,8-15,18H2,1-3H3,(H,29,35). The Bertz CT molecular complexity index is 1120. The fraction of sp³-hybridized carbons (Fsp3) is 0.630. The predicted octanol–water partition coefficient (Wildman–Crippen LogP) is 3.56. The lowest BCUT2D eigenvalue weighted by Crippen LogP contribution is -2.45. The lowest BCUT2D eigenvalue weighted by atomic mass is 9.80. The van der Waals surface area contributed by atoms with Gasteiger partial charge in [0.1, 0.15) is 12.0 Å². The summed E-state index contributed by atoms with van der Waals surface area (Å²) in [5.41, 5.74) is 1.41. The number of halogens is 1. The molecule has 1 atom stereocenters. The topological polar surface area (TPSA) is 96.8 Å². The zero-order chi connectivity index (χ0) is 26.6. The molecular weight excluding hydrogens is 477 g/mol. The molecule has 1 unspecified atom stereocenters. The molecule has 2 aromatic rings. The highest BCUT2D eigenvalue weighted by Gasteiger charge is 2.38. The number of aldehydes is 1. The molecule has 0 spiro atoms. The van der Waals surface area contributed by atoms with E-state index < -0.39 is 11.6 Å². The third-order valence-corrected chi connectivity index (χ3v) is 8.06. The van der Waals surface area contributed by atoms with E-state index in [9.17, 15) is 14.4 Å². The number of aryl methyl sites for hydroxylation is 1. The van der Waals surface area contributed by atoms with Crippen molar-refractivity contribution in [2.24, 2.45) is 13.0 Å². The minimum Gasteiger partial charge on any atom is -0.453 e. The number of anilines is 1. The molecule has 2 fully saturated rings. The maximum atomic E-state index is 15.8. The summed E-state index contributed by atoms with van der Waals surface area (Å²) >= 11 is 0. The summed E-state index contributed by atoms with van der Waals surface area (Å²) in [4.78, 5) is 39.1. The van der Waals surface area contributed by atoms with Crippen LogP contribution in [0, 0.1) is 5.92 Å². The number of carbonyl (C=O) groups is 3. The maximum Gasteiger partial charge on any atom is 0.409 e. The SMILES string of the molecule is CNC(=O)C(CCC=O)c1nn(C)c2cc(N3CCC(F)(CC4CCN(C(=O)OC)CC4)CC3)ccc12. The van der Waals surface area contributed by atoms with Gasteiger partial charge in [-0.1, -0.05) is 0 Å². The molecule has 0 aliphatic carbocycles. The van der Waals surface area contributed by atoms with Crippen molar-refractivity contribution < 1.29 is 23.5 Å². The lowest BCUT2D eigenvalue weighted by Gasteiger charge is -2.40. The second kappa shape index (κ2) is 11.5. The van der Waals surface area contributed by atoms with Gasteiger partial charge in [-0.15, -0.1) is 0 Å². The zero-order valence-electron chi connectivity index (χ0n) is 22.0. The molecule has 9 nitrogen and oxygen atoms in total. The number of hydrogen-bond acceptors (Lipinski definition) is 6. The van der Waals surface area contributed by atoms with Gasteiger partial charge in [0.2, 0.25) is 5.91 Å². The van der Waals surface area contributed by atoms with Crippen LogP contribution in [0.3, 0.4) is 0 Å². The van der Waals surface area contributed by atoms with E-state index in [-0.39, 0.29) is 24.3 Å². The largest absolute Gasteiger partial charge is 0.453 e. The van der Waals surface area contributed by atoms with Gasteiger partial charge >= 0.3 is 6.09 Å². The molecule has 4 rings (SSSR count). The number of nitrogens with one attached hydrogen (secondary N) is 1. The van der Waals surface area contributed by atoms with Crippen LogP contribution < -0.4 is 10.2 Å². The number of likely N-dealkylation sites (tertiary alicyclic amines) is 1. The fourth-order valence-electron chi connectivity index (χ4n) is 5.86. The van der Waals surface area contributed by atoms with Gasteiger partial charge in [-0.05, 0) is 62.6 Å². The molecular formula is C27H38FN5O4. The molecule has 10 heteroatoms. The Hall–Kier alpha value is -3.17. The quantitative estimate of drug-likeness (QED) is 0.540. The van der Waals surface area contributed by atoms with E-state index in [0.717, 1.165) is 35.7 Å². The Morgan fingerprint density at radius 3 is 2.57 bits per heavy atom. The molecule has 37 heavy (non-hydrogen) atoms. The molecule has 2 saturated heterocycles. The van der Waals surface area contributed by atoms with Gasteiger partial charge < -0.3 is 24.6 Å². The highest BCUT2D eigenvalue weighted by molar-refractivity contribution is 5.92. The van der Waals surface area contributed by atoms with Crippen molar-refractivity contribution >= 4 is 34.9 Å². The van der Waals surface area contributed by atoms with Crippen molar-refractivity contribution in [1.29, 1.82) is 0 Å². The molecule has 1 N–H and O–H groups in total. The van der Waals surface area contributed by atoms with Crippen LogP contribution in [0.15, 0.2) is 18.2 Å². The van der Waals surface area contributed by atoms with E-state index >= 15 is 4.39 Å². The summed E-state index contributed by atoms with van der Waals surface area (Å²) in [6.07, 6.45) is 4.34. The molecule has 1 aromatic heterocycles. The number of alkyl halides is 1. The number of hydrogen-bond donors (Lipinski definition) is 1. The third kappa shape index (κ3) is 5.88. The van der Waals surface area contributed by atoms with Crippen LogP contribution >= 0.6 is 0 Å². The Labute approximate surface area is 217 Å². The molecule has 3 heterocycles. The summed E-state index contributed by atoms with van der Waals surface area (Å²) in [7, 11) is 4.83. The Balaban J connectivity index is 1.41. The van der Waals surface area contributed by atoms with Crippen molar-refractivity contribution in [3.05, 3.63) is 23.9 Å². The normalized spacial score (nSPS) is 19.0. The van der Waals surface area contributed by atoms with Crippen LogP contribution in [-0.2, 0) is 21.4 Å². The number of carbonyl (C=O) groups excluding carboxylic acids is 3. The highest BCUT2D eigenvalue weighted by Crippen LogP contribution is 2.38. The molecule has 2 aliphatic rings. The Morgan fingerprint density at radius 2 is 1.95 bits per heavy atom. The molecule has 0 bridgehead atoms. The van der Waals surface area contributed by atoms with E-state index in [0.29, 0.717) is 57.6 Å². The van der Waals surface area contributed by atoms with Gasteiger partial charge in [-0.3, -0.25) is 9.48 Å². The van der Waals surface area contributed by atoms with Crippen molar-refractivity contribution in [2.45, 2.75) is 56.5 Å². The van der Waals surface area contributed by atoms with Gasteiger partial charge in [0, 0.05) is 57.8 Å². The van der Waals surface area contributed by atoms with Gasteiger partial charge in [0.15, 0.2) is 0 Å². The minimum atomic E-state index is -1.18. The molecule has 2 aliphatic heterocycles. The second-order valence-electron chi connectivity index (χ2n) is 10.4. The summed E-state index contributed by atoms with van der Waals surface area (Å²) < 4.78 is 22.4. The Morgan fingerprint density at radius 1 is 1.24 bits per heavy atom.